The van der Waals surface area contributed by atoms with Crippen LogP contribution in [0.1, 0.15) is 17.4 Å². The van der Waals surface area contributed by atoms with E-state index in [1.54, 1.807) is 18.4 Å². The quantitative estimate of drug-likeness (QED) is 0.808. The summed E-state index contributed by atoms with van der Waals surface area (Å²) in [5, 5.41) is 10.1. The van der Waals surface area contributed by atoms with Crippen molar-refractivity contribution in [3.05, 3.63) is 56.0 Å². The number of aliphatic hydroxyl groups excluding tert-OH is 1. The van der Waals surface area contributed by atoms with Crippen LogP contribution in [-0.2, 0) is 0 Å². The fraction of sp³-hybridized carbons (Fsp3) is 0.0909. The number of hydrogen-bond acceptors (Lipinski definition) is 2. The third-order valence-electron chi connectivity index (χ3n) is 2.07. The van der Waals surface area contributed by atoms with Crippen molar-refractivity contribution in [1.29, 1.82) is 0 Å². The van der Waals surface area contributed by atoms with Gasteiger partial charge in [-0.05, 0) is 52.9 Å². The number of benzene rings is 1. The van der Waals surface area contributed by atoms with E-state index >= 15 is 0 Å². The maximum Gasteiger partial charge on any atom is 0.138 e. The smallest absolute Gasteiger partial charge is 0.138 e. The average molecular weight is 379 g/mol. The Kier molecular flexibility index (Phi) is 3.48. The number of rotatable bonds is 2. The number of halogens is 2. The number of furan rings is 1. The average Bonchev–Trinajstić information content (AvgIpc) is 2.74. The van der Waals surface area contributed by atoms with Crippen LogP contribution < -0.4 is 0 Å². The summed E-state index contributed by atoms with van der Waals surface area (Å²) in [5.74, 6) is 0.561. The summed E-state index contributed by atoms with van der Waals surface area (Å²) in [4.78, 5) is 0. The molecule has 0 spiro atoms. The van der Waals surface area contributed by atoms with Crippen molar-refractivity contribution in [3.63, 3.8) is 0 Å². The molecule has 1 aromatic heterocycles. The predicted octanol–water partition coefficient (Wildman–Crippen LogP) is 3.73. The van der Waals surface area contributed by atoms with Crippen LogP contribution in [0.4, 0.5) is 0 Å². The van der Waals surface area contributed by atoms with Crippen molar-refractivity contribution < 1.29 is 9.52 Å². The molecule has 1 unspecified atom stereocenters. The summed E-state index contributed by atoms with van der Waals surface area (Å²) in [6, 6.07) is 9.33. The first-order valence-corrected chi connectivity index (χ1v) is 6.22. The minimum atomic E-state index is -0.704. The van der Waals surface area contributed by atoms with E-state index < -0.39 is 6.10 Å². The zero-order valence-corrected chi connectivity index (χ0v) is 11.4. The molecule has 0 fully saturated rings. The van der Waals surface area contributed by atoms with Gasteiger partial charge in [0.15, 0.2) is 0 Å². The molecule has 1 N–H and O–H groups in total. The van der Waals surface area contributed by atoms with E-state index in [9.17, 15) is 5.11 Å². The fourth-order valence-corrected chi connectivity index (χ4v) is 2.33. The maximum atomic E-state index is 10.1. The summed E-state index contributed by atoms with van der Waals surface area (Å²) in [6.45, 7) is 0. The molecule has 0 saturated heterocycles. The van der Waals surface area contributed by atoms with Gasteiger partial charge < -0.3 is 9.52 Å². The summed E-state index contributed by atoms with van der Waals surface area (Å²) in [6.07, 6.45) is 0.855. The third-order valence-corrected chi connectivity index (χ3v) is 3.54. The summed E-state index contributed by atoms with van der Waals surface area (Å²) < 4.78 is 7.14. The molecule has 15 heavy (non-hydrogen) atoms. The van der Waals surface area contributed by atoms with Crippen LogP contribution in [0.25, 0.3) is 0 Å². The van der Waals surface area contributed by atoms with E-state index in [0.29, 0.717) is 5.76 Å². The van der Waals surface area contributed by atoms with Crippen molar-refractivity contribution >= 4 is 38.5 Å². The van der Waals surface area contributed by atoms with Crippen molar-refractivity contribution in [1.82, 2.24) is 0 Å². The Morgan fingerprint density at radius 3 is 2.80 bits per heavy atom. The largest absolute Gasteiger partial charge is 0.466 e. The van der Waals surface area contributed by atoms with Gasteiger partial charge in [-0.3, -0.25) is 0 Å². The Labute approximate surface area is 110 Å². The zero-order chi connectivity index (χ0) is 10.8. The highest BCUT2D eigenvalue weighted by Gasteiger charge is 2.16. The normalized spacial score (nSPS) is 12.7. The minimum absolute atomic E-state index is 0.561. The molecule has 0 bridgehead atoms. The standard InChI is InChI=1S/C11H8BrIO2/c12-7-3-4-9(13)8(6-7)11(14)10-2-1-5-15-10/h1-6,11,14H. The molecule has 2 rings (SSSR count). The lowest BCUT2D eigenvalue weighted by atomic mass is 10.1. The second kappa shape index (κ2) is 4.67. The number of hydrogen-bond donors (Lipinski definition) is 1. The van der Waals surface area contributed by atoms with Crippen molar-refractivity contribution in [2.75, 3.05) is 0 Å². The summed E-state index contributed by atoms with van der Waals surface area (Å²) >= 11 is 5.58. The molecule has 2 nitrogen and oxygen atoms in total. The van der Waals surface area contributed by atoms with Gasteiger partial charge in [-0.25, -0.2) is 0 Å². The third kappa shape index (κ3) is 2.43. The molecule has 1 atom stereocenters. The second-order valence-corrected chi connectivity index (χ2v) is 5.16. The van der Waals surface area contributed by atoms with Crippen LogP contribution in [0, 0.1) is 3.57 Å². The molecular weight excluding hydrogens is 371 g/mol. The van der Waals surface area contributed by atoms with Crippen LogP contribution in [0.5, 0.6) is 0 Å². The molecule has 0 aliphatic rings. The summed E-state index contributed by atoms with van der Waals surface area (Å²) in [7, 11) is 0. The first kappa shape index (κ1) is 11.2. The Morgan fingerprint density at radius 1 is 1.33 bits per heavy atom. The van der Waals surface area contributed by atoms with Gasteiger partial charge in [0.05, 0.1) is 6.26 Å². The SMILES string of the molecule is OC(c1ccco1)c1cc(Br)ccc1I. The molecule has 0 amide bonds. The highest BCUT2D eigenvalue weighted by atomic mass is 127. The maximum absolute atomic E-state index is 10.1. The van der Waals surface area contributed by atoms with E-state index in [1.807, 2.05) is 18.2 Å². The van der Waals surface area contributed by atoms with Crippen LogP contribution in [0.15, 0.2) is 45.5 Å². The molecule has 78 valence electrons. The van der Waals surface area contributed by atoms with Gasteiger partial charge in [0.2, 0.25) is 0 Å². The van der Waals surface area contributed by atoms with Crippen LogP contribution >= 0.6 is 38.5 Å². The van der Waals surface area contributed by atoms with Gasteiger partial charge in [-0.1, -0.05) is 15.9 Å². The van der Waals surface area contributed by atoms with Gasteiger partial charge in [-0.15, -0.1) is 0 Å². The minimum Gasteiger partial charge on any atom is -0.466 e. The van der Waals surface area contributed by atoms with Gasteiger partial charge in [0.1, 0.15) is 11.9 Å². The highest BCUT2D eigenvalue weighted by Crippen LogP contribution is 2.28. The Balaban J connectivity index is 2.41. The molecule has 0 aliphatic carbocycles. The Bertz CT molecular complexity index is 454. The van der Waals surface area contributed by atoms with E-state index in [-0.39, 0.29) is 0 Å². The zero-order valence-electron chi connectivity index (χ0n) is 7.65. The van der Waals surface area contributed by atoms with Crippen LogP contribution in [0.2, 0.25) is 0 Å². The van der Waals surface area contributed by atoms with Crippen molar-refractivity contribution in [2.24, 2.45) is 0 Å². The van der Waals surface area contributed by atoms with Gasteiger partial charge in [-0.2, -0.15) is 0 Å². The molecule has 1 heterocycles. The van der Waals surface area contributed by atoms with Crippen molar-refractivity contribution in [3.8, 4) is 0 Å². The van der Waals surface area contributed by atoms with Crippen molar-refractivity contribution in [2.45, 2.75) is 6.10 Å². The van der Waals surface area contributed by atoms with E-state index in [0.717, 1.165) is 13.6 Å². The topological polar surface area (TPSA) is 33.4 Å². The van der Waals surface area contributed by atoms with Gasteiger partial charge >= 0.3 is 0 Å². The van der Waals surface area contributed by atoms with Crippen LogP contribution in [-0.4, -0.2) is 5.11 Å². The summed E-state index contributed by atoms with van der Waals surface area (Å²) in [5.41, 5.74) is 0.847. The first-order valence-electron chi connectivity index (χ1n) is 4.35. The molecule has 0 aliphatic heterocycles. The monoisotopic (exact) mass is 378 g/mol. The highest BCUT2D eigenvalue weighted by molar-refractivity contribution is 14.1. The number of aliphatic hydroxyl groups is 1. The first-order chi connectivity index (χ1) is 7.18. The Hall–Kier alpha value is -0.330. The lowest BCUT2D eigenvalue weighted by Gasteiger charge is -2.10. The molecular formula is C11H8BrIO2. The fourth-order valence-electron chi connectivity index (χ4n) is 1.32. The molecule has 0 radical (unpaired) electrons. The van der Waals surface area contributed by atoms with Gasteiger partial charge in [0, 0.05) is 13.6 Å². The van der Waals surface area contributed by atoms with E-state index in [4.69, 9.17) is 4.42 Å². The van der Waals surface area contributed by atoms with E-state index in [1.165, 1.54) is 0 Å². The lowest BCUT2D eigenvalue weighted by Crippen LogP contribution is -2.00. The predicted molar refractivity (Wildman–Crippen MR) is 69.6 cm³/mol. The van der Waals surface area contributed by atoms with E-state index in [2.05, 4.69) is 38.5 Å². The second-order valence-electron chi connectivity index (χ2n) is 3.08. The lowest BCUT2D eigenvalue weighted by molar-refractivity contribution is 0.188. The van der Waals surface area contributed by atoms with Gasteiger partial charge in [0.25, 0.3) is 0 Å². The van der Waals surface area contributed by atoms with Crippen LogP contribution in [0.3, 0.4) is 0 Å². The molecule has 1 aromatic carbocycles. The Morgan fingerprint density at radius 2 is 2.13 bits per heavy atom. The molecule has 0 saturated carbocycles. The molecule has 4 heteroatoms. The molecule has 2 aromatic rings.